The zero-order valence-electron chi connectivity index (χ0n) is 46.1. The van der Waals surface area contributed by atoms with Crippen molar-refractivity contribution in [2.75, 3.05) is 26.7 Å². The Bertz CT molecular complexity index is 3070. The van der Waals surface area contributed by atoms with Gasteiger partial charge in [0.15, 0.2) is 5.78 Å². The molecule has 7 aromatic rings. The molecule has 0 aromatic heterocycles. The highest BCUT2D eigenvalue weighted by molar-refractivity contribution is 6.32. The maximum Gasteiger partial charge on any atom is 0.343 e. The molecule has 0 amide bonds. The van der Waals surface area contributed by atoms with E-state index in [2.05, 4.69) is 23.2 Å². The van der Waals surface area contributed by atoms with Gasteiger partial charge in [-0.1, -0.05) is 103 Å². The maximum absolute atomic E-state index is 13.5. The van der Waals surface area contributed by atoms with Crippen molar-refractivity contribution in [3.8, 4) is 34.8 Å². The zero-order chi connectivity index (χ0) is 60.6. The molecule has 436 valence electrons. The number of aldehydes is 1. The summed E-state index contributed by atoms with van der Waals surface area (Å²) in [4.78, 5) is 37.3. The van der Waals surface area contributed by atoms with E-state index in [0.29, 0.717) is 54.6 Å². The summed E-state index contributed by atoms with van der Waals surface area (Å²) in [5, 5.41) is 16.5. The summed E-state index contributed by atoms with van der Waals surface area (Å²) >= 11 is 12.2. The van der Waals surface area contributed by atoms with Crippen LogP contribution in [0.3, 0.4) is 0 Å². The summed E-state index contributed by atoms with van der Waals surface area (Å²) in [5.74, 6) is -7.17. The fourth-order valence-corrected chi connectivity index (χ4v) is 7.21. The molecule has 0 fully saturated rings. The molecular formula is C62H65Cl2F5N4O9. The van der Waals surface area contributed by atoms with Gasteiger partial charge in [0.1, 0.15) is 42.5 Å². The number of rotatable bonds is 22. The Morgan fingerprint density at radius 1 is 0.659 bits per heavy atom. The first-order valence-corrected chi connectivity index (χ1v) is 26.3. The van der Waals surface area contributed by atoms with E-state index >= 15 is 0 Å². The molecule has 0 saturated carbocycles. The Morgan fingerprint density at radius 3 is 1.52 bits per heavy atom. The normalized spacial score (nSPS) is 10.3. The van der Waals surface area contributed by atoms with Crippen LogP contribution in [0.2, 0.25) is 10.0 Å². The number of esters is 1. The number of carbonyl (C=O) groups is 3. The van der Waals surface area contributed by atoms with Crippen molar-refractivity contribution < 1.29 is 65.1 Å². The molecule has 0 bridgehead atoms. The van der Waals surface area contributed by atoms with Crippen molar-refractivity contribution in [3.63, 3.8) is 0 Å². The molecule has 0 aliphatic carbocycles. The first kappa shape index (κ1) is 68.4. The van der Waals surface area contributed by atoms with E-state index in [9.17, 15) is 36.3 Å². The number of carbonyl (C=O) groups excluding carboxylic acids is 3. The number of Topliss-reactive ketones (excluding diaryl/α,β-unsaturated/α-hetero) is 1. The van der Waals surface area contributed by atoms with Crippen LogP contribution in [0, 0.1) is 40.4 Å². The highest BCUT2D eigenvalue weighted by Gasteiger charge is 2.29. The molecule has 0 spiro atoms. The first-order valence-electron chi connectivity index (χ1n) is 25.5. The van der Waals surface area contributed by atoms with Gasteiger partial charge in [-0.3, -0.25) is 25.8 Å². The van der Waals surface area contributed by atoms with Gasteiger partial charge < -0.3 is 28.8 Å². The number of ether oxygens (including phenoxy) is 5. The van der Waals surface area contributed by atoms with Crippen molar-refractivity contribution in [1.82, 2.24) is 10.3 Å². The van der Waals surface area contributed by atoms with Gasteiger partial charge in [-0.15, -0.1) is 0 Å². The third-order valence-corrected chi connectivity index (χ3v) is 11.2. The fourth-order valence-electron chi connectivity index (χ4n) is 6.76. The Labute approximate surface area is 484 Å². The third kappa shape index (κ3) is 23.7. The molecule has 20 heteroatoms. The average Bonchev–Trinajstić information content (AvgIpc) is 3.54. The lowest BCUT2D eigenvalue weighted by Crippen LogP contribution is -2.30. The minimum absolute atomic E-state index is 0.000520. The van der Waals surface area contributed by atoms with Gasteiger partial charge in [-0.05, 0) is 124 Å². The number of ketones is 1. The molecule has 0 atom stereocenters. The average molecular weight is 1180 g/mol. The number of hydrazine groups is 1. The summed E-state index contributed by atoms with van der Waals surface area (Å²) < 4.78 is 92.9. The van der Waals surface area contributed by atoms with E-state index in [1.54, 1.807) is 56.3 Å². The van der Waals surface area contributed by atoms with Crippen LogP contribution in [0.4, 0.5) is 22.0 Å². The number of halogens is 7. The Balaban J connectivity index is 0.000000321. The second-order valence-electron chi connectivity index (χ2n) is 17.8. The van der Waals surface area contributed by atoms with Crippen LogP contribution in [0.5, 0.6) is 28.7 Å². The van der Waals surface area contributed by atoms with Crippen LogP contribution in [-0.4, -0.2) is 67.0 Å². The van der Waals surface area contributed by atoms with E-state index in [1.807, 2.05) is 104 Å². The van der Waals surface area contributed by atoms with E-state index in [0.717, 1.165) is 66.7 Å². The van der Waals surface area contributed by atoms with Crippen LogP contribution < -0.4 is 35.0 Å². The topological polar surface area (TPSA) is 183 Å². The number of hydrogen-bond acceptors (Lipinski definition) is 13. The highest BCUT2D eigenvalue weighted by atomic mass is 35.5. The van der Waals surface area contributed by atoms with E-state index < -0.39 is 40.8 Å². The third-order valence-electron chi connectivity index (χ3n) is 10.7. The summed E-state index contributed by atoms with van der Waals surface area (Å²) in [5.41, 5.74) is 6.70. The van der Waals surface area contributed by atoms with Crippen molar-refractivity contribution in [1.29, 1.82) is 5.26 Å². The molecular weight excluding hydrogens is 1110 g/mol. The van der Waals surface area contributed by atoms with E-state index in [4.69, 9.17) is 58.4 Å². The van der Waals surface area contributed by atoms with Gasteiger partial charge in [0.2, 0.25) is 34.8 Å². The number of nitrogens with one attached hydrogen (secondary N) is 1. The minimum atomic E-state index is -2.35. The predicted molar refractivity (Wildman–Crippen MR) is 306 cm³/mol. The summed E-state index contributed by atoms with van der Waals surface area (Å²) in [6.45, 7) is 12.6. The summed E-state index contributed by atoms with van der Waals surface area (Å²) in [6.07, 6.45) is 2.06. The fraction of sp³-hybridized carbons (Fsp3) is 0.258. The van der Waals surface area contributed by atoms with Gasteiger partial charge in [0, 0.05) is 44.3 Å². The first-order chi connectivity index (χ1) is 39.4. The lowest BCUT2D eigenvalue weighted by Gasteiger charge is -2.21. The highest BCUT2D eigenvalue weighted by Crippen LogP contribution is 2.32. The Morgan fingerprint density at radius 2 is 1.11 bits per heavy atom. The molecule has 0 aliphatic heterocycles. The molecule has 82 heavy (non-hydrogen) atoms. The number of nitriles is 1. The number of hydrogen-bond donors (Lipinski definition) is 3. The van der Waals surface area contributed by atoms with E-state index in [-0.39, 0.29) is 40.9 Å². The minimum Gasteiger partial charge on any atom is -0.489 e. The largest absolute Gasteiger partial charge is 0.489 e. The lowest BCUT2D eigenvalue weighted by molar-refractivity contribution is 0.0715. The molecule has 7 aromatic carbocycles. The van der Waals surface area contributed by atoms with E-state index in [1.165, 1.54) is 6.07 Å². The Kier molecular flexibility index (Phi) is 31.0. The quantitative estimate of drug-likeness (QED) is 0.00671. The van der Waals surface area contributed by atoms with Crippen LogP contribution in [0.25, 0.3) is 0 Å². The Hall–Kier alpha value is -7.89. The summed E-state index contributed by atoms with van der Waals surface area (Å²) in [6, 6.07) is 45.7. The molecule has 7 rings (SSSR count). The van der Waals surface area contributed by atoms with Crippen molar-refractivity contribution in [2.24, 2.45) is 5.84 Å². The molecule has 0 saturated heterocycles. The number of nitrogens with two attached hydrogens (primary N) is 1. The van der Waals surface area contributed by atoms with Gasteiger partial charge >= 0.3 is 5.97 Å². The standard InChI is InChI=1S/C28H29ClN2O3.C16H10ClF5O3.C14H12O2.C3H10N2.CH4O/c1-21(2)34-28-14-11-24(17-26(28)29)27(32)19-31(16-6-15-30)18-22-9-12-25(13-10-22)33-20-23-7-4-3-5-8-23;1-6(2)24-9-4-3-7(5-8(9)17)16(23)25-15-13(21)11(19)10(18)12(20)14(15)22;15-10-12-6-8-14(9-7-12)16-11-13-4-2-1-3-5-13;1-2-3-5-4;1-2/h3-5,7-14,17,21H,6,16,18-20H2,1-2H3;3-6H,1-2H3;1-10H,11H2;5H,2-4H2,1H3;2H,1H3. The number of aliphatic hydroxyl groups excluding tert-OH is 1. The number of nitrogens with zero attached hydrogens (tertiary/aromatic N) is 2. The zero-order valence-corrected chi connectivity index (χ0v) is 47.6. The molecule has 4 N–H and O–H groups in total. The van der Waals surface area contributed by atoms with Crippen molar-refractivity contribution in [3.05, 3.63) is 218 Å². The van der Waals surface area contributed by atoms with Gasteiger partial charge in [0.05, 0.1) is 40.4 Å². The van der Waals surface area contributed by atoms with Gasteiger partial charge in [0.25, 0.3) is 0 Å². The maximum atomic E-state index is 13.5. The van der Waals surface area contributed by atoms with Crippen molar-refractivity contribution >= 4 is 41.2 Å². The van der Waals surface area contributed by atoms with Crippen LogP contribution in [-0.2, 0) is 19.8 Å². The molecule has 13 nitrogen and oxygen atoms in total. The smallest absolute Gasteiger partial charge is 0.343 e. The monoisotopic (exact) mass is 1170 g/mol. The van der Waals surface area contributed by atoms with Crippen molar-refractivity contribution in [2.45, 2.75) is 79.4 Å². The van der Waals surface area contributed by atoms with Gasteiger partial charge in [-0.25, -0.2) is 18.0 Å². The molecule has 0 unspecified atom stereocenters. The van der Waals surface area contributed by atoms with Gasteiger partial charge in [-0.2, -0.15) is 14.0 Å². The molecule has 0 heterocycles. The molecule has 0 radical (unpaired) electrons. The van der Waals surface area contributed by atoms with Crippen LogP contribution >= 0.6 is 23.2 Å². The number of aliphatic hydroxyl groups is 1. The number of benzene rings is 7. The lowest BCUT2D eigenvalue weighted by atomic mass is 10.1. The summed E-state index contributed by atoms with van der Waals surface area (Å²) in [7, 11) is 1.00. The predicted octanol–water partition coefficient (Wildman–Crippen LogP) is 13.9. The molecule has 0 aliphatic rings. The second kappa shape index (κ2) is 37.2. The van der Waals surface area contributed by atoms with Crippen LogP contribution in [0.1, 0.15) is 95.2 Å². The SMILES string of the molecule is CC(C)Oc1ccc(C(=O)CN(CCC#N)Cc2ccc(OCc3ccccc3)cc2)cc1Cl.CC(C)Oc1ccc(C(=O)Oc2c(F)c(F)c(F)c(F)c2F)cc1Cl.CCCNN.CO.O=Cc1ccc(OCc2ccccc2)cc1. The second-order valence-corrected chi connectivity index (χ2v) is 18.6. The van der Waals surface area contributed by atoms with Crippen LogP contribution in [0.15, 0.2) is 146 Å².